The molecule has 3 saturated carbocycles. The van der Waals surface area contributed by atoms with Crippen LogP contribution in [0.3, 0.4) is 0 Å². The Bertz CT molecular complexity index is 778. The van der Waals surface area contributed by atoms with Gasteiger partial charge in [-0.05, 0) is 104 Å². The first-order chi connectivity index (χ1) is 15.6. The Morgan fingerprint density at radius 1 is 1.09 bits per heavy atom. The summed E-state index contributed by atoms with van der Waals surface area (Å²) in [5.41, 5.74) is 2.44. The maximum Gasteiger partial charge on any atom is 0.302 e. The Hall–Kier alpha value is -1.05. The van der Waals surface area contributed by atoms with Gasteiger partial charge in [-0.2, -0.15) is 0 Å². The van der Waals surface area contributed by atoms with Crippen molar-refractivity contribution in [1.29, 1.82) is 0 Å². The van der Waals surface area contributed by atoms with Crippen molar-refractivity contribution in [3.05, 3.63) is 23.8 Å². The second-order valence-electron chi connectivity index (χ2n) is 13.0. The van der Waals surface area contributed by atoms with Gasteiger partial charge in [-0.15, -0.1) is 0 Å². The number of rotatable bonds is 6. The molecule has 0 N–H and O–H groups in total. The van der Waals surface area contributed by atoms with Crippen LogP contribution in [0.4, 0.5) is 0 Å². The van der Waals surface area contributed by atoms with Gasteiger partial charge in [0.1, 0.15) is 6.10 Å². The summed E-state index contributed by atoms with van der Waals surface area (Å²) in [5.74, 6) is 5.41. The normalized spacial score (nSPS) is 42.3. The lowest BCUT2D eigenvalue weighted by Crippen LogP contribution is -2.51. The van der Waals surface area contributed by atoms with Crippen LogP contribution in [0.5, 0.6) is 0 Å². The monoisotopic (exact) mass is 454 g/mol. The average molecular weight is 455 g/mol. The zero-order valence-corrected chi connectivity index (χ0v) is 22.5. The number of hydrogen-bond donors (Lipinski definition) is 0. The number of esters is 1. The summed E-state index contributed by atoms with van der Waals surface area (Å²) in [6.45, 7) is 16.3. The largest absolute Gasteiger partial charge is 0.462 e. The molecule has 4 aliphatic rings. The fourth-order valence-electron chi connectivity index (χ4n) is 9.15. The summed E-state index contributed by atoms with van der Waals surface area (Å²) in [6, 6.07) is 0. The zero-order valence-electron chi connectivity index (χ0n) is 22.5. The second-order valence-corrected chi connectivity index (χ2v) is 13.0. The first-order valence-electron chi connectivity index (χ1n) is 14.1. The van der Waals surface area contributed by atoms with Crippen LogP contribution in [-0.2, 0) is 9.53 Å². The molecule has 0 aromatic heterocycles. The molecular weight excluding hydrogens is 404 g/mol. The molecule has 0 amide bonds. The van der Waals surface area contributed by atoms with E-state index in [-0.39, 0.29) is 12.1 Å². The van der Waals surface area contributed by atoms with Crippen molar-refractivity contribution in [2.45, 2.75) is 112 Å². The van der Waals surface area contributed by atoms with E-state index in [9.17, 15) is 4.79 Å². The van der Waals surface area contributed by atoms with Crippen LogP contribution in [0.25, 0.3) is 0 Å². The van der Waals surface area contributed by atoms with Gasteiger partial charge in [0, 0.05) is 13.3 Å². The summed E-state index contributed by atoms with van der Waals surface area (Å²) >= 11 is 0. The van der Waals surface area contributed by atoms with Gasteiger partial charge in [-0.25, -0.2) is 0 Å². The lowest BCUT2D eigenvalue weighted by molar-refractivity contribution is -0.148. The molecule has 0 radical (unpaired) electrons. The first kappa shape index (κ1) is 25.1. The highest BCUT2D eigenvalue weighted by molar-refractivity contribution is 5.66. The van der Waals surface area contributed by atoms with Crippen LogP contribution < -0.4 is 0 Å². The predicted octanol–water partition coefficient (Wildman–Crippen LogP) is 8.37. The number of fused-ring (bicyclic) bond motifs is 5. The highest BCUT2D eigenvalue weighted by Gasteiger charge is 2.59. The lowest BCUT2D eigenvalue weighted by atomic mass is 9.47. The van der Waals surface area contributed by atoms with E-state index < -0.39 is 0 Å². The smallest absolute Gasteiger partial charge is 0.302 e. The third-order valence-electron chi connectivity index (χ3n) is 11.1. The minimum absolute atomic E-state index is 0.105. The van der Waals surface area contributed by atoms with Crippen molar-refractivity contribution in [2.75, 3.05) is 0 Å². The Labute approximate surface area is 204 Å². The van der Waals surface area contributed by atoms with Crippen LogP contribution in [0.1, 0.15) is 106 Å². The van der Waals surface area contributed by atoms with Gasteiger partial charge in [0.15, 0.2) is 0 Å². The van der Waals surface area contributed by atoms with Crippen LogP contribution in [-0.4, -0.2) is 12.1 Å². The van der Waals surface area contributed by atoms with Crippen molar-refractivity contribution in [2.24, 2.45) is 52.3 Å². The molecule has 0 aromatic rings. The van der Waals surface area contributed by atoms with Crippen molar-refractivity contribution >= 4 is 5.97 Å². The van der Waals surface area contributed by atoms with E-state index in [2.05, 4.69) is 59.8 Å². The highest BCUT2D eigenvalue weighted by Crippen LogP contribution is 2.67. The fraction of sp³-hybridized carbons (Fsp3) is 0.839. The summed E-state index contributed by atoms with van der Waals surface area (Å²) in [7, 11) is 0. The average Bonchev–Trinajstić information content (AvgIpc) is 3.11. The van der Waals surface area contributed by atoms with Gasteiger partial charge in [0.05, 0.1) is 0 Å². The SMILES string of the molecule is CC[C@H](/C=C/[C@H](C)[C@@H]1CC[C@H]2[C@H]3CC=C4C[C@H](OC(C)=O)CC[C@@]4(C)[C@H]3CC[C@]21C)C(C)C. The minimum atomic E-state index is -0.120. The van der Waals surface area contributed by atoms with E-state index in [0.29, 0.717) is 16.7 Å². The molecule has 3 fully saturated rings. The molecule has 186 valence electrons. The van der Waals surface area contributed by atoms with E-state index in [0.717, 1.165) is 48.3 Å². The van der Waals surface area contributed by atoms with E-state index >= 15 is 0 Å². The summed E-state index contributed by atoms with van der Waals surface area (Å²) in [6.07, 6.45) is 19.2. The van der Waals surface area contributed by atoms with Gasteiger partial charge in [0.2, 0.25) is 0 Å². The number of allylic oxidation sites excluding steroid dienone is 3. The molecule has 0 spiro atoms. The fourth-order valence-corrected chi connectivity index (χ4v) is 9.15. The van der Waals surface area contributed by atoms with Gasteiger partial charge < -0.3 is 4.74 Å². The number of hydrogen-bond acceptors (Lipinski definition) is 2. The predicted molar refractivity (Wildman–Crippen MR) is 138 cm³/mol. The maximum atomic E-state index is 11.5. The molecule has 4 rings (SSSR count). The molecule has 33 heavy (non-hydrogen) atoms. The van der Waals surface area contributed by atoms with Gasteiger partial charge >= 0.3 is 5.97 Å². The summed E-state index contributed by atoms with van der Waals surface area (Å²) in [5, 5.41) is 0. The van der Waals surface area contributed by atoms with E-state index in [1.165, 1.54) is 44.9 Å². The third-order valence-corrected chi connectivity index (χ3v) is 11.1. The van der Waals surface area contributed by atoms with Crippen LogP contribution >= 0.6 is 0 Å². The quantitative estimate of drug-likeness (QED) is 0.297. The Morgan fingerprint density at radius 3 is 2.52 bits per heavy atom. The molecule has 0 aliphatic heterocycles. The minimum Gasteiger partial charge on any atom is -0.462 e. The van der Waals surface area contributed by atoms with E-state index in [4.69, 9.17) is 4.74 Å². The molecule has 0 bridgehead atoms. The van der Waals surface area contributed by atoms with Crippen molar-refractivity contribution in [3.63, 3.8) is 0 Å². The van der Waals surface area contributed by atoms with Gasteiger partial charge in [0.25, 0.3) is 0 Å². The topological polar surface area (TPSA) is 26.3 Å². The Morgan fingerprint density at radius 2 is 1.85 bits per heavy atom. The number of ether oxygens (including phenoxy) is 1. The van der Waals surface area contributed by atoms with Crippen LogP contribution in [0, 0.1) is 52.3 Å². The Kier molecular flexibility index (Phi) is 7.24. The van der Waals surface area contributed by atoms with Crippen molar-refractivity contribution < 1.29 is 9.53 Å². The van der Waals surface area contributed by atoms with E-state index in [1.807, 2.05) is 0 Å². The highest BCUT2D eigenvalue weighted by atomic mass is 16.5. The van der Waals surface area contributed by atoms with E-state index in [1.54, 1.807) is 12.5 Å². The molecule has 2 heteroatoms. The third kappa shape index (κ3) is 4.50. The van der Waals surface area contributed by atoms with Crippen molar-refractivity contribution in [3.8, 4) is 0 Å². The maximum absolute atomic E-state index is 11.5. The molecule has 0 unspecified atom stereocenters. The van der Waals surface area contributed by atoms with Crippen LogP contribution in [0.2, 0.25) is 0 Å². The van der Waals surface area contributed by atoms with Gasteiger partial charge in [-0.3, -0.25) is 4.79 Å². The summed E-state index contributed by atoms with van der Waals surface area (Å²) in [4.78, 5) is 11.5. The van der Waals surface area contributed by atoms with Crippen LogP contribution in [0.15, 0.2) is 23.8 Å². The molecule has 0 saturated heterocycles. The number of carbonyl (C=O) groups is 1. The van der Waals surface area contributed by atoms with Crippen molar-refractivity contribution in [1.82, 2.24) is 0 Å². The number of carbonyl (C=O) groups excluding carboxylic acids is 1. The zero-order chi connectivity index (χ0) is 24.0. The standard InChI is InChI=1S/C31H50O2/c1-8-23(20(2)3)10-9-21(4)27-13-14-28-26-12-11-24-19-25(33-22(5)32)15-17-30(24,6)29(26)16-18-31(27,28)7/h9-11,20-21,23,25-29H,8,12-19H2,1-7H3/b10-9+/t21-,23+,25+,26+,27-,28-,29-,30+,31-/m0/s1. The molecule has 0 heterocycles. The molecular formula is C31H50O2. The second kappa shape index (κ2) is 9.54. The molecule has 2 nitrogen and oxygen atoms in total. The molecule has 0 aromatic carbocycles. The summed E-state index contributed by atoms with van der Waals surface area (Å²) < 4.78 is 5.62. The first-order valence-corrected chi connectivity index (χ1v) is 14.1. The molecule has 9 atom stereocenters. The molecule has 4 aliphatic carbocycles. The lowest BCUT2D eigenvalue weighted by Gasteiger charge is -2.58. The Balaban J connectivity index is 1.49. The van der Waals surface area contributed by atoms with Gasteiger partial charge in [-0.1, -0.05) is 65.3 Å².